The standard InChI is InChI=1S/C32H6N10/c33-7-17-1-18(8-34)4-21(3-17)27-25(15-41)31-30(24(13-39)14-40)28(22-5-19(9-35)2-20(6-22)10-36)26(16-42)32(31)29(27)23(11-37)12-38/h1-6H. The summed E-state index contributed by atoms with van der Waals surface area (Å²) in [6.07, 6.45) is 0. The van der Waals surface area contributed by atoms with Crippen molar-refractivity contribution in [1.29, 1.82) is 52.6 Å². The molecule has 0 saturated carbocycles. The summed E-state index contributed by atoms with van der Waals surface area (Å²) in [6.45, 7) is 0. The van der Waals surface area contributed by atoms with E-state index in [1.165, 1.54) is 36.4 Å². The molecule has 42 heavy (non-hydrogen) atoms. The highest BCUT2D eigenvalue weighted by molar-refractivity contribution is 6.11. The van der Waals surface area contributed by atoms with E-state index in [0.29, 0.717) is 0 Å². The van der Waals surface area contributed by atoms with Gasteiger partial charge in [0.15, 0.2) is 0 Å². The molecule has 0 N–H and O–H groups in total. The van der Waals surface area contributed by atoms with E-state index < -0.39 is 11.1 Å². The number of benzene rings is 2. The van der Waals surface area contributed by atoms with E-state index in [-0.39, 0.29) is 78.0 Å². The number of hydrogen-bond acceptors (Lipinski definition) is 10. The lowest BCUT2D eigenvalue weighted by Gasteiger charge is -2.15. The van der Waals surface area contributed by atoms with Crippen LogP contribution in [0.4, 0.5) is 0 Å². The predicted molar refractivity (Wildman–Crippen MR) is 140 cm³/mol. The van der Waals surface area contributed by atoms with Crippen molar-refractivity contribution in [3.05, 3.63) is 114 Å². The van der Waals surface area contributed by atoms with Gasteiger partial charge in [-0.2, -0.15) is 52.6 Å². The van der Waals surface area contributed by atoms with Gasteiger partial charge in [0.05, 0.1) is 57.7 Å². The van der Waals surface area contributed by atoms with Gasteiger partial charge in [0.2, 0.25) is 0 Å². The number of nitriles is 10. The molecule has 184 valence electrons. The van der Waals surface area contributed by atoms with E-state index in [0.717, 1.165) is 0 Å². The SMILES string of the molecule is N#CC(C#N)=C1C2=C(C(C#N)=C1c1cc(C#N)cc(C#N)c1)C(=C(C#N)C#N)C(c1cc(C#N)cc(C#N)c1)=C2C#N. The lowest BCUT2D eigenvalue weighted by atomic mass is 9.84. The summed E-state index contributed by atoms with van der Waals surface area (Å²) in [5.74, 6) is 0. The molecule has 0 spiro atoms. The van der Waals surface area contributed by atoms with Gasteiger partial charge >= 0.3 is 0 Å². The zero-order valence-electron chi connectivity index (χ0n) is 20.9. The highest BCUT2D eigenvalue weighted by Gasteiger charge is 2.44. The van der Waals surface area contributed by atoms with Gasteiger partial charge in [-0.1, -0.05) is 0 Å². The van der Waals surface area contributed by atoms with Gasteiger partial charge in [0.1, 0.15) is 47.6 Å². The third-order valence-corrected chi connectivity index (χ3v) is 6.38. The van der Waals surface area contributed by atoms with Gasteiger partial charge in [0.25, 0.3) is 0 Å². The molecular weight excluding hydrogens is 524 g/mol. The molecule has 0 amide bonds. The molecule has 2 aromatic carbocycles. The average molecular weight is 530 g/mol. The maximum Gasteiger partial charge on any atom is 0.138 e. The molecule has 2 aliphatic carbocycles. The Bertz CT molecular complexity index is 2020. The van der Waals surface area contributed by atoms with Gasteiger partial charge in [-0.25, -0.2) is 0 Å². The van der Waals surface area contributed by atoms with Crippen LogP contribution < -0.4 is 0 Å². The van der Waals surface area contributed by atoms with Gasteiger partial charge in [-0.05, 0) is 47.5 Å². The zero-order valence-corrected chi connectivity index (χ0v) is 20.9. The van der Waals surface area contributed by atoms with Crippen LogP contribution in [0.2, 0.25) is 0 Å². The van der Waals surface area contributed by atoms with E-state index in [2.05, 4.69) is 0 Å². The molecule has 0 radical (unpaired) electrons. The first-order chi connectivity index (χ1) is 20.4. The third-order valence-electron chi connectivity index (χ3n) is 6.38. The fraction of sp³-hybridized carbons (Fsp3) is 0. The molecule has 0 saturated heterocycles. The van der Waals surface area contributed by atoms with Crippen LogP contribution >= 0.6 is 0 Å². The van der Waals surface area contributed by atoms with Gasteiger partial charge in [-0.3, -0.25) is 0 Å². The Morgan fingerprint density at radius 3 is 0.857 bits per heavy atom. The molecular formula is C32H6N10. The lowest BCUT2D eigenvalue weighted by Crippen LogP contribution is -2.02. The molecule has 0 heterocycles. The van der Waals surface area contributed by atoms with Crippen LogP contribution in [0.5, 0.6) is 0 Å². The summed E-state index contributed by atoms with van der Waals surface area (Å²) in [7, 11) is 0. The van der Waals surface area contributed by atoms with Crippen LogP contribution in [-0.4, -0.2) is 0 Å². The van der Waals surface area contributed by atoms with E-state index in [4.69, 9.17) is 0 Å². The van der Waals surface area contributed by atoms with Crippen LogP contribution in [0, 0.1) is 113 Å². The predicted octanol–water partition coefficient (Wildman–Crippen LogP) is 4.44. The summed E-state index contributed by atoms with van der Waals surface area (Å²) in [5, 5.41) is 98.7. The third kappa shape index (κ3) is 3.98. The van der Waals surface area contributed by atoms with Gasteiger partial charge < -0.3 is 0 Å². The Morgan fingerprint density at radius 2 is 0.643 bits per heavy atom. The van der Waals surface area contributed by atoms with E-state index in [1.54, 1.807) is 24.3 Å². The molecule has 10 nitrogen and oxygen atoms in total. The first kappa shape index (κ1) is 27.1. The molecule has 0 aromatic heterocycles. The number of nitrogens with zero attached hydrogens (tertiary/aromatic N) is 10. The van der Waals surface area contributed by atoms with Crippen molar-refractivity contribution >= 4 is 11.1 Å². The second-order valence-corrected chi connectivity index (χ2v) is 8.47. The van der Waals surface area contributed by atoms with E-state index >= 15 is 0 Å². The highest BCUT2D eigenvalue weighted by Crippen LogP contribution is 2.57. The summed E-state index contributed by atoms with van der Waals surface area (Å²) in [5.41, 5.74) is -1.70. The normalized spacial score (nSPS) is 12.6. The van der Waals surface area contributed by atoms with Crippen LogP contribution in [0.25, 0.3) is 11.1 Å². The molecule has 2 aliphatic rings. The van der Waals surface area contributed by atoms with E-state index in [9.17, 15) is 52.6 Å². The van der Waals surface area contributed by atoms with Crippen molar-refractivity contribution in [2.45, 2.75) is 0 Å². The summed E-state index contributed by atoms with van der Waals surface area (Å²) in [6, 6.07) is 26.6. The van der Waals surface area contributed by atoms with Crippen LogP contribution in [0.3, 0.4) is 0 Å². The Hall–Kier alpha value is -7.96. The first-order valence-electron chi connectivity index (χ1n) is 11.5. The average Bonchev–Trinajstić information content (AvgIpc) is 3.54. The van der Waals surface area contributed by atoms with Crippen molar-refractivity contribution in [1.82, 2.24) is 0 Å². The summed E-state index contributed by atoms with van der Waals surface area (Å²) < 4.78 is 0. The Morgan fingerprint density at radius 1 is 0.357 bits per heavy atom. The minimum Gasteiger partial charge on any atom is -0.192 e. The maximum absolute atomic E-state index is 10.4. The topological polar surface area (TPSA) is 238 Å². The number of allylic oxidation sites excluding steroid dienone is 10. The number of hydrogen-bond donors (Lipinski definition) is 0. The van der Waals surface area contributed by atoms with Gasteiger partial charge in [-0.15, -0.1) is 0 Å². The van der Waals surface area contributed by atoms with Crippen molar-refractivity contribution in [3.8, 4) is 60.7 Å². The fourth-order valence-corrected chi connectivity index (χ4v) is 4.88. The summed E-state index contributed by atoms with van der Waals surface area (Å²) >= 11 is 0. The van der Waals surface area contributed by atoms with Crippen LogP contribution in [0.1, 0.15) is 33.4 Å². The Kier molecular flexibility index (Phi) is 6.96. The minimum atomic E-state index is -0.518. The van der Waals surface area contributed by atoms with Crippen molar-refractivity contribution in [2.75, 3.05) is 0 Å². The molecule has 0 aliphatic heterocycles. The second-order valence-electron chi connectivity index (χ2n) is 8.47. The minimum absolute atomic E-state index is 0.0373. The highest BCUT2D eigenvalue weighted by atomic mass is 14.5. The molecule has 0 bridgehead atoms. The largest absolute Gasteiger partial charge is 0.192 e. The maximum atomic E-state index is 10.4. The molecule has 2 aromatic rings. The summed E-state index contributed by atoms with van der Waals surface area (Å²) in [4.78, 5) is 0. The van der Waals surface area contributed by atoms with Gasteiger partial charge in [0, 0.05) is 33.4 Å². The fourth-order valence-electron chi connectivity index (χ4n) is 4.88. The zero-order chi connectivity index (χ0) is 30.6. The number of rotatable bonds is 2. The molecule has 0 atom stereocenters. The first-order valence-corrected chi connectivity index (χ1v) is 11.5. The van der Waals surface area contributed by atoms with Crippen molar-refractivity contribution < 1.29 is 0 Å². The lowest BCUT2D eigenvalue weighted by molar-refractivity contribution is 1.38. The Balaban J connectivity index is 2.29. The monoisotopic (exact) mass is 530 g/mol. The molecule has 0 fully saturated rings. The molecule has 4 rings (SSSR count). The molecule has 10 heteroatoms. The molecule has 0 unspecified atom stereocenters. The quantitative estimate of drug-likeness (QED) is 0.494. The van der Waals surface area contributed by atoms with Crippen LogP contribution in [0.15, 0.2) is 81.0 Å². The smallest absolute Gasteiger partial charge is 0.138 e. The van der Waals surface area contributed by atoms with E-state index in [1.807, 2.05) is 36.4 Å². The second kappa shape index (κ2) is 10.8. The van der Waals surface area contributed by atoms with Crippen molar-refractivity contribution in [2.24, 2.45) is 0 Å². The van der Waals surface area contributed by atoms with Crippen molar-refractivity contribution in [3.63, 3.8) is 0 Å². The Labute approximate surface area is 238 Å². The van der Waals surface area contributed by atoms with Crippen LogP contribution in [-0.2, 0) is 0 Å².